The van der Waals surface area contributed by atoms with E-state index >= 15 is 0 Å². The Morgan fingerprint density at radius 3 is 2.77 bits per heavy atom. The number of benzene rings is 1. The van der Waals surface area contributed by atoms with Crippen LogP contribution in [0.15, 0.2) is 23.1 Å². The minimum atomic E-state index is 0.850. The first-order valence-corrected chi connectivity index (χ1v) is 5.91. The number of halogens is 1. The SMILES string of the molecule is CCNCc1ccc(SC)c(Cl)c1. The van der Waals surface area contributed by atoms with E-state index in [9.17, 15) is 0 Å². The molecule has 1 aromatic carbocycles. The van der Waals surface area contributed by atoms with Gasteiger partial charge >= 0.3 is 0 Å². The molecule has 1 nitrogen and oxygen atoms in total. The van der Waals surface area contributed by atoms with Crippen molar-refractivity contribution in [2.24, 2.45) is 0 Å². The van der Waals surface area contributed by atoms with Gasteiger partial charge in [0.2, 0.25) is 0 Å². The van der Waals surface area contributed by atoms with Gasteiger partial charge in [-0.1, -0.05) is 24.6 Å². The van der Waals surface area contributed by atoms with Gasteiger partial charge in [-0.05, 0) is 30.5 Å². The van der Waals surface area contributed by atoms with Crippen molar-refractivity contribution in [2.45, 2.75) is 18.4 Å². The van der Waals surface area contributed by atoms with Gasteiger partial charge in [0.05, 0.1) is 5.02 Å². The highest BCUT2D eigenvalue weighted by Gasteiger charge is 1.99. The first-order valence-electron chi connectivity index (χ1n) is 4.31. The minimum absolute atomic E-state index is 0.850. The molecule has 1 N–H and O–H groups in total. The zero-order chi connectivity index (χ0) is 9.68. The Hall–Kier alpha value is -0.180. The molecule has 0 heterocycles. The fourth-order valence-electron chi connectivity index (χ4n) is 1.09. The Balaban J connectivity index is 2.71. The van der Waals surface area contributed by atoms with Crippen molar-refractivity contribution in [1.29, 1.82) is 0 Å². The molecule has 0 atom stereocenters. The summed E-state index contributed by atoms with van der Waals surface area (Å²) in [6.45, 7) is 3.98. The smallest absolute Gasteiger partial charge is 0.0544 e. The summed E-state index contributed by atoms with van der Waals surface area (Å²) >= 11 is 7.74. The molecule has 0 aliphatic carbocycles. The monoisotopic (exact) mass is 215 g/mol. The number of thioether (sulfide) groups is 1. The molecule has 1 aromatic rings. The maximum absolute atomic E-state index is 6.06. The lowest BCUT2D eigenvalue weighted by Crippen LogP contribution is -2.11. The summed E-state index contributed by atoms with van der Waals surface area (Å²) in [7, 11) is 0. The summed E-state index contributed by atoms with van der Waals surface area (Å²) in [6.07, 6.45) is 2.03. The highest BCUT2D eigenvalue weighted by Crippen LogP contribution is 2.25. The van der Waals surface area contributed by atoms with Crippen LogP contribution in [0.2, 0.25) is 5.02 Å². The van der Waals surface area contributed by atoms with E-state index in [0.717, 1.165) is 23.0 Å². The van der Waals surface area contributed by atoms with Crippen molar-refractivity contribution in [3.63, 3.8) is 0 Å². The van der Waals surface area contributed by atoms with Crippen LogP contribution in [0.5, 0.6) is 0 Å². The molecule has 1 rings (SSSR count). The number of rotatable bonds is 4. The van der Waals surface area contributed by atoms with E-state index in [2.05, 4.69) is 24.4 Å². The predicted octanol–water partition coefficient (Wildman–Crippen LogP) is 3.17. The number of nitrogens with one attached hydrogen (secondary N) is 1. The van der Waals surface area contributed by atoms with Gasteiger partial charge in [-0.2, -0.15) is 0 Å². The van der Waals surface area contributed by atoms with E-state index in [1.54, 1.807) is 11.8 Å². The maximum atomic E-state index is 6.06. The second kappa shape index (κ2) is 5.53. The van der Waals surface area contributed by atoms with Crippen LogP contribution in [-0.4, -0.2) is 12.8 Å². The van der Waals surface area contributed by atoms with Crippen molar-refractivity contribution in [1.82, 2.24) is 5.32 Å². The van der Waals surface area contributed by atoms with E-state index in [0.29, 0.717) is 0 Å². The third-order valence-corrected chi connectivity index (χ3v) is 3.02. The van der Waals surface area contributed by atoms with Gasteiger partial charge in [-0.3, -0.25) is 0 Å². The molecule has 3 heteroatoms. The molecule has 0 radical (unpaired) electrons. The van der Waals surface area contributed by atoms with Gasteiger partial charge in [0.25, 0.3) is 0 Å². The van der Waals surface area contributed by atoms with Gasteiger partial charge in [0.1, 0.15) is 0 Å². The molecule has 0 saturated heterocycles. The summed E-state index contributed by atoms with van der Waals surface area (Å²) < 4.78 is 0. The second-order valence-electron chi connectivity index (χ2n) is 2.75. The van der Waals surface area contributed by atoms with Crippen LogP contribution in [-0.2, 0) is 6.54 Å². The minimum Gasteiger partial charge on any atom is -0.313 e. The van der Waals surface area contributed by atoms with Crippen LogP contribution in [0.1, 0.15) is 12.5 Å². The summed E-state index contributed by atoms with van der Waals surface area (Å²) in [4.78, 5) is 1.14. The maximum Gasteiger partial charge on any atom is 0.0544 e. The topological polar surface area (TPSA) is 12.0 Å². The van der Waals surface area contributed by atoms with Crippen LogP contribution in [0, 0.1) is 0 Å². The first-order chi connectivity index (χ1) is 6.27. The van der Waals surface area contributed by atoms with Gasteiger partial charge in [-0.25, -0.2) is 0 Å². The van der Waals surface area contributed by atoms with Crippen LogP contribution in [0.3, 0.4) is 0 Å². The van der Waals surface area contributed by atoms with Gasteiger partial charge in [0, 0.05) is 11.4 Å². The zero-order valence-electron chi connectivity index (χ0n) is 7.93. The fraction of sp³-hybridized carbons (Fsp3) is 0.400. The van der Waals surface area contributed by atoms with Crippen molar-refractivity contribution in [2.75, 3.05) is 12.8 Å². The molecule has 13 heavy (non-hydrogen) atoms. The molecule has 0 aliphatic heterocycles. The lowest BCUT2D eigenvalue weighted by Gasteiger charge is -2.05. The van der Waals surface area contributed by atoms with Crippen molar-refractivity contribution >= 4 is 23.4 Å². The Kier molecular flexibility index (Phi) is 4.64. The lowest BCUT2D eigenvalue weighted by molar-refractivity contribution is 0.726. The Bertz CT molecular complexity index is 276. The molecule has 0 aliphatic rings. The fourth-order valence-corrected chi connectivity index (χ4v) is 1.98. The standard InChI is InChI=1S/C10H14ClNS/c1-3-12-7-8-4-5-10(13-2)9(11)6-8/h4-6,12H,3,7H2,1-2H3. The number of hydrogen-bond acceptors (Lipinski definition) is 2. The third-order valence-electron chi connectivity index (χ3n) is 1.80. The lowest BCUT2D eigenvalue weighted by atomic mass is 10.2. The Morgan fingerprint density at radius 2 is 2.23 bits per heavy atom. The van der Waals surface area contributed by atoms with Crippen LogP contribution in [0.25, 0.3) is 0 Å². The predicted molar refractivity (Wildman–Crippen MR) is 60.6 cm³/mol. The molecule has 0 saturated carbocycles. The molecular formula is C10H14ClNS. The van der Waals surface area contributed by atoms with E-state index in [1.165, 1.54) is 5.56 Å². The largest absolute Gasteiger partial charge is 0.313 e. The summed E-state index contributed by atoms with van der Waals surface area (Å²) in [6, 6.07) is 6.20. The third kappa shape index (κ3) is 3.22. The van der Waals surface area contributed by atoms with E-state index in [-0.39, 0.29) is 0 Å². The number of hydrogen-bond donors (Lipinski definition) is 1. The normalized spacial score (nSPS) is 10.4. The quantitative estimate of drug-likeness (QED) is 0.775. The summed E-state index contributed by atoms with van der Waals surface area (Å²) in [5, 5.41) is 4.11. The second-order valence-corrected chi connectivity index (χ2v) is 4.00. The molecule has 0 bridgehead atoms. The highest BCUT2D eigenvalue weighted by atomic mass is 35.5. The van der Waals surface area contributed by atoms with E-state index in [4.69, 9.17) is 11.6 Å². The van der Waals surface area contributed by atoms with Gasteiger partial charge in [-0.15, -0.1) is 11.8 Å². The molecular weight excluding hydrogens is 202 g/mol. The van der Waals surface area contributed by atoms with Crippen molar-refractivity contribution in [3.05, 3.63) is 28.8 Å². The average molecular weight is 216 g/mol. The zero-order valence-corrected chi connectivity index (χ0v) is 9.50. The van der Waals surface area contributed by atoms with Crippen LogP contribution in [0.4, 0.5) is 0 Å². The molecule has 0 aromatic heterocycles. The van der Waals surface area contributed by atoms with Gasteiger partial charge < -0.3 is 5.32 Å². The van der Waals surface area contributed by atoms with Crippen molar-refractivity contribution in [3.8, 4) is 0 Å². The molecule has 0 unspecified atom stereocenters. The highest BCUT2D eigenvalue weighted by molar-refractivity contribution is 7.98. The van der Waals surface area contributed by atoms with Gasteiger partial charge in [0.15, 0.2) is 0 Å². The van der Waals surface area contributed by atoms with Crippen molar-refractivity contribution < 1.29 is 0 Å². The van der Waals surface area contributed by atoms with E-state index < -0.39 is 0 Å². The molecule has 0 amide bonds. The molecule has 0 spiro atoms. The Labute approximate surface area is 88.9 Å². The summed E-state index contributed by atoms with van der Waals surface area (Å²) in [5.74, 6) is 0. The van der Waals surface area contributed by atoms with E-state index in [1.807, 2.05) is 12.3 Å². The molecule has 0 fully saturated rings. The molecule has 72 valence electrons. The first kappa shape index (κ1) is 10.9. The average Bonchev–Trinajstić information content (AvgIpc) is 2.15. The Morgan fingerprint density at radius 1 is 1.46 bits per heavy atom. The summed E-state index contributed by atoms with van der Waals surface area (Å²) in [5.41, 5.74) is 1.24. The van der Waals surface area contributed by atoms with Crippen LogP contribution >= 0.6 is 23.4 Å². The van der Waals surface area contributed by atoms with Crippen LogP contribution < -0.4 is 5.32 Å².